The zero-order valence-electron chi connectivity index (χ0n) is 17.4. The molecule has 0 atom stereocenters. The Bertz CT molecular complexity index is 1120. The maximum Gasteiger partial charge on any atom is 0.222 e. The van der Waals surface area contributed by atoms with Crippen LogP contribution < -0.4 is 11.1 Å². The Kier molecular flexibility index (Phi) is 5.87. The molecule has 30 heavy (non-hydrogen) atoms. The zero-order valence-corrected chi connectivity index (χ0v) is 17.4. The fourth-order valence-corrected chi connectivity index (χ4v) is 3.59. The number of hydrogen-bond acceptors (Lipinski definition) is 7. The van der Waals surface area contributed by atoms with Crippen molar-refractivity contribution in [3.63, 3.8) is 0 Å². The molecule has 0 aliphatic rings. The maximum atomic E-state index is 5.93. The minimum Gasteiger partial charge on any atom is -0.368 e. The molecule has 0 saturated carbocycles. The van der Waals surface area contributed by atoms with Gasteiger partial charge in [0, 0.05) is 25.7 Å². The van der Waals surface area contributed by atoms with E-state index in [1.54, 1.807) is 0 Å². The smallest absolute Gasteiger partial charge is 0.222 e. The highest BCUT2D eigenvalue weighted by molar-refractivity contribution is 5.87. The fraction of sp³-hybridized carbons (Fsp3) is 0.381. The van der Waals surface area contributed by atoms with Crippen LogP contribution >= 0.6 is 0 Å². The number of hydrogen-bond donors (Lipinski definition) is 3. The van der Waals surface area contributed by atoms with Gasteiger partial charge < -0.3 is 15.6 Å². The van der Waals surface area contributed by atoms with Crippen LogP contribution in [-0.4, -0.2) is 41.7 Å². The van der Waals surface area contributed by atoms with Crippen LogP contribution in [0.25, 0.3) is 11.0 Å². The molecule has 3 heterocycles. The summed E-state index contributed by atoms with van der Waals surface area (Å²) in [5.41, 5.74) is 11.4. The van der Waals surface area contributed by atoms with Gasteiger partial charge in [-0.05, 0) is 36.1 Å². The van der Waals surface area contributed by atoms with Gasteiger partial charge in [0.2, 0.25) is 5.95 Å². The normalized spacial score (nSPS) is 11.3. The Hall–Kier alpha value is -3.49. The minimum absolute atomic E-state index is 0.288. The summed E-state index contributed by atoms with van der Waals surface area (Å²) in [5.74, 6) is 1.76. The first kappa shape index (κ1) is 19.8. The Labute approximate surface area is 175 Å². The third kappa shape index (κ3) is 4.40. The van der Waals surface area contributed by atoms with Crippen molar-refractivity contribution in [3.05, 3.63) is 53.0 Å². The molecule has 4 N–H and O–H groups in total. The molecular weight excluding hydrogens is 378 g/mol. The SMILES string of the molecule is CCCCCNc1nc(N)nc2ccn(Cc3cc(Cc4nn[nH]n4)ccc3C)c12. The van der Waals surface area contributed by atoms with Crippen LogP contribution in [0.15, 0.2) is 30.5 Å². The Balaban J connectivity index is 1.62. The average Bonchev–Trinajstić information content (AvgIpc) is 3.38. The van der Waals surface area contributed by atoms with Gasteiger partial charge in [-0.2, -0.15) is 10.2 Å². The van der Waals surface area contributed by atoms with Crippen LogP contribution in [0.3, 0.4) is 0 Å². The van der Waals surface area contributed by atoms with Crippen LogP contribution in [0.5, 0.6) is 0 Å². The lowest BCUT2D eigenvalue weighted by molar-refractivity contribution is 0.742. The summed E-state index contributed by atoms with van der Waals surface area (Å²) in [6.45, 7) is 5.90. The lowest BCUT2D eigenvalue weighted by atomic mass is 10.0. The number of H-pyrrole nitrogens is 1. The lowest BCUT2D eigenvalue weighted by Gasteiger charge is -2.13. The highest BCUT2D eigenvalue weighted by Crippen LogP contribution is 2.25. The Morgan fingerprint density at radius 1 is 1.17 bits per heavy atom. The van der Waals surface area contributed by atoms with Crippen molar-refractivity contribution in [1.29, 1.82) is 0 Å². The lowest BCUT2D eigenvalue weighted by Crippen LogP contribution is -2.09. The third-order valence-electron chi connectivity index (χ3n) is 5.21. The minimum atomic E-state index is 0.288. The summed E-state index contributed by atoms with van der Waals surface area (Å²) in [6, 6.07) is 8.43. The third-order valence-corrected chi connectivity index (χ3v) is 5.21. The van der Waals surface area contributed by atoms with E-state index in [2.05, 4.69) is 72.5 Å². The predicted molar refractivity (Wildman–Crippen MR) is 117 cm³/mol. The Morgan fingerprint density at radius 3 is 2.87 bits per heavy atom. The zero-order chi connectivity index (χ0) is 20.9. The number of benzene rings is 1. The second kappa shape index (κ2) is 8.89. The molecular formula is C21H27N9. The number of aryl methyl sites for hydroxylation is 1. The van der Waals surface area contributed by atoms with Gasteiger partial charge in [-0.3, -0.25) is 0 Å². The average molecular weight is 406 g/mol. The van der Waals surface area contributed by atoms with Gasteiger partial charge in [-0.25, -0.2) is 4.98 Å². The molecule has 0 radical (unpaired) electrons. The van der Waals surface area contributed by atoms with Gasteiger partial charge in [0.05, 0.1) is 5.52 Å². The number of aromatic nitrogens is 7. The van der Waals surface area contributed by atoms with Crippen LogP contribution in [0.2, 0.25) is 0 Å². The summed E-state index contributed by atoms with van der Waals surface area (Å²) in [6.07, 6.45) is 6.14. The van der Waals surface area contributed by atoms with E-state index in [1.165, 1.54) is 24.0 Å². The molecule has 9 nitrogen and oxygen atoms in total. The van der Waals surface area contributed by atoms with Crippen LogP contribution in [0.4, 0.5) is 11.8 Å². The van der Waals surface area contributed by atoms with Crippen molar-refractivity contribution in [2.75, 3.05) is 17.6 Å². The first-order valence-electron chi connectivity index (χ1n) is 10.3. The Morgan fingerprint density at radius 2 is 2.07 bits per heavy atom. The maximum absolute atomic E-state index is 5.93. The summed E-state index contributed by atoms with van der Waals surface area (Å²) in [5, 5.41) is 17.7. The van der Waals surface area contributed by atoms with E-state index in [0.29, 0.717) is 18.8 Å². The molecule has 3 aromatic heterocycles. The topological polar surface area (TPSA) is 123 Å². The van der Waals surface area contributed by atoms with E-state index in [0.717, 1.165) is 35.4 Å². The monoisotopic (exact) mass is 405 g/mol. The van der Waals surface area contributed by atoms with Crippen molar-refractivity contribution in [2.24, 2.45) is 0 Å². The van der Waals surface area contributed by atoms with Crippen molar-refractivity contribution in [1.82, 2.24) is 35.2 Å². The molecule has 0 spiro atoms. The predicted octanol–water partition coefficient (Wildman–Crippen LogP) is 3.08. The molecule has 0 fully saturated rings. The molecule has 156 valence electrons. The molecule has 1 aromatic carbocycles. The van der Waals surface area contributed by atoms with Crippen molar-refractivity contribution >= 4 is 22.8 Å². The van der Waals surface area contributed by atoms with Gasteiger partial charge in [0.1, 0.15) is 5.52 Å². The van der Waals surface area contributed by atoms with E-state index in [4.69, 9.17) is 5.73 Å². The first-order valence-corrected chi connectivity index (χ1v) is 10.3. The summed E-state index contributed by atoms with van der Waals surface area (Å²) >= 11 is 0. The van der Waals surface area contributed by atoms with Gasteiger partial charge in [-0.1, -0.05) is 43.2 Å². The number of rotatable bonds is 9. The van der Waals surface area contributed by atoms with E-state index in [9.17, 15) is 0 Å². The summed E-state index contributed by atoms with van der Waals surface area (Å²) < 4.78 is 2.18. The molecule has 0 amide bonds. The van der Waals surface area contributed by atoms with Crippen LogP contribution in [0, 0.1) is 6.92 Å². The number of unbranched alkanes of at least 4 members (excludes halogenated alkanes) is 2. The number of fused-ring (bicyclic) bond motifs is 1. The number of aromatic amines is 1. The number of anilines is 2. The second-order valence-corrected chi connectivity index (χ2v) is 7.51. The molecule has 0 aliphatic heterocycles. The van der Waals surface area contributed by atoms with E-state index < -0.39 is 0 Å². The number of nitrogens with one attached hydrogen (secondary N) is 2. The largest absolute Gasteiger partial charge is 0.368 e. The van der Waals surface area contributed by atoms with Gasteiger partial charge in [0.25, 0.3) is 0 Å². The number of tetrazole rings is 1. The molecule has 0 bridgehead atoms. The number of nitrogen functional groups attached to an aromatic ring is 1. The van der Waals surface area contributed by atoms with Gasteiger partial charge in [-0.15, -0.1) is 10.2 Å². The van der Waals surface area contributed by atoms with Crippen LogP contribution in [-0.2, 0) is 13.0 Å². The summed E-state index contributed by atoms with van der Waals surface area (Å²) in [4.78, 5) is 8.88. The highest BCUT2D eigenvalue weighted by Gasteiger charge is 2.13. The van der Waals surface area contributed by atoms with E-state index in [1.807, 2.05) is 12.3 Å². The van der Waals surface area contributed by atoms with Gasteiger partial charge >= 0.3 is 0 Å². The number of nitrogens with two attached hydrogens (primary N) is 1. The molecule has 4 rings (SSSR count). The molecule has 0 unspecified atom stereocenters. The fourth-order valence-electron chi connectivity index (χ4n) is 3.59. The second-order valence-electron chi connectivity index (χ2n) is 7.51. The van der Waals surface area contributed by atoms with E-state index in [-0.39, 0.29) is 5.95 Å². The number of nitrogens with zero attached hydrogens (tertiary/aromatic N) is 6. The molecule has 4 aromatic rings. The van der Waals surface area contributed by atoms with E-state index >= 15 is 0 Å². The highest BCUT2D eigenvalue weighted by atomic mass is 15.5. The van der Waals surface area contributed by atoms with Gasteiger partial charge in [0.15, 0.2) is 11.6 Å². The first-order chi connectivity index (χ1) is 14.6. The molecule has 9 heteroatoms. The van der Waals surface area contributed by atoms with Crippen LogP contribution in [0.1, 0.15) is 48.7 Å². The quantitative estimate of drug-likeness (QED) is 0.366. The molecule has 0 saturated heterocycles. The molecule has 0 aliphatic carbocycles. The van der Waals surface area contributed by atoms with Crippen molar-refractivity contribution < 1.29 is 0 Å². The summed E-state index contributed by atoms with van der Waals surface area (Å²) in [7, 11) is 0. The standard InChI is InChI=1S/C21H27N9/c1-3-4-5-9-23-20-19-17(24-21(22)25-20)8-10-30(19)13-16-11-15(7-6-14(16)2)12-18-26-28-29-27-18/h6-8,10-11H,3-5,9,12-13H2,1-2H3,(H3,22,23,24,25)(H,26,27,28,29). The van der Waals surface area contributed by atoms with Crippen molar-refractivity contribution in [2.45, 2.75) is 46.1 Å². The van der Waals surface area contributed by atoms with Crippen molar-refractivity contribution in [3.8, 4) is 0 Å².